The van der Waals surface area contributed by atoms with Gasteiger partial charge in [-0.3, -0.25) is 0 Å². The van der Waals surface area contributed by atoms with Gasteiger partial charge in [0.2, 0.25) is 5.88 Å². The first-order chi connectivity index (χ1) is 12.1. The van der Waals surface area contributed by atoms with Gasteiger partial charge in [-0.1, -0.05) is 0 Å². The second-order valence-electron chi connectivity index (χ2n) is 6.17. The largest absolute Gasteiger partial charge is 0.438 e. The van der Waals surface area contributed by atoms with Crippen LogP contribution in [0.15, 0.2) is 36.7 Å². The van der Waals surface area contributed by atoms with Crippen molar-refractivity contribution in [3.63, 3.8) is 0 Å². The molecule has 0 unspecified atom stereocenters. The topological polar surface area (TPSA) is 78.8 Å². The fraction of sp³-hybridized carbons (Fsp3) is 0.278. The lowest BCUT2D eigenvalue weighted by molar-refractivity contribution is 0.428. The number of ether oxygens (including phenoxy) is 1. The second-order valence-corrected chi connectivity index (χ2v) is 6.17. The second kappa shape index (κ2) is 6.25. The predicted octanol–water partition coefficient (Wildman–Crippen LogP) is 3.14. The summed E-state index contributed by atoms with van der Waals surface area (Å²) in [7, 11) is 1.81. The molecule has 1 saturated carbocycles. The molecule has 6 nitrogen and oxygen atoms in total. The van der Waals surface area contributed by atoms with Gasteiger partial charge in [-0.2, -0.15) is 5.10 Å². The molecule has 1 aromatic carbocycles. The molecule has 7 heteroatoms. The van der Waals surface area contributed by atoms with Gasteiger partial charge in [0.1, 0.15) is 11.6 Å². The van der Waals surface area contributed by atoms with E-state index < -0.39 is 0 Å². The summed E-state index contributed by atoms with van der Waals surface area (Å²) < 4.78 is 21.4. The number of nitrogens with two attached hydrogens (primary N) is 1. The van der Waals surface area contributed by atoms with Crippen LogP contribution in [0.1, 0.15) is 30.0 Å². The maximum atomic E-state index is 13.8. The van der Waals surface area contributed by atoms with Crippen molar-refractivity contribution in [3.8, 4) is 23.0 Å². The summed E-state index contributed by atoms with van der Waals surface area (Å²) in [6.45, 7) is 0.367. The molecule has 4 rings (SSSR count). The summed E-state index contributed by atoms with van der Waals surface area (Å²) in [5.74, 6) is 1.50. The van der Waals surface area contributed by atoms with Crippen molar-refractivity contribution in [3.05, 3.63) is 53.7 Å². The molecule has 1 fully saturated rings. The highest BCUT2D eigenvalue weighted by Gasteiger charge is 2.27. The Kier molecular flexibility index (Phi) is 3.93. The van der Waals surface area contributed by atoms with E-state index >= 15 is 0 Å². The lowest BCUT2D eigenvalue weighted by atomic mass is 10.1. The standard InChI is InChI=1S/C18H18FN5O/c1-24-17(7-15(23-24)12-2-3-12)25-16-6-13(19)4-5-14(16)18-21-9-11(8-20)10-22-18/h4-7,9-10,12H,2-3,8,20H2,1H3. The Balaban J connectivity index is 1.69. The van der Waals surface area contributed by atoms with Gasteiger partial charge in [0.15, 0.2) is 5.82 Å². The molecule has 3 aromatic rings. The van der Waals surface area contributed by atoms with E-state index in [9.17, 15) is 4.39 Å². The Morgan fingerprint density at radius 1 is 1.24 bits per heavy atom. The van der Waals surface area contributed by atoms with Crippen molar-refractivity contribution in [1.82, 2.24) is 19.7 Å². The van der Waals surface area contributed by atoms with E-state index in [2.05, 4.69) is 15.1 Å². The number of benzene rings is 1. The zero-order valence-corrected chi connectivity index (χ0v) is 13.8. The zero-order chi connectivity index (χ0) is 17.4. The molecule has 0 aliphatic heterocycles. The Labute approximate surface area is 144 Å². The normalized spacial score (nSPS) is 13.9. The summed E-state index contributed by atoms with van der Waals surface area (Å²) in [6, 6.07) is 6.21. The predicted molar refractivity (Wildman–Crippen MR) is 90.6 cm³/mol. The molecule has 2 aromatic heterocycles. The highest BCUT2D eigenvalue weighted by atomic mass is 19.1. The highest BCUT2D eigenvalue weighted by molar-refractivity contribution is 5.64. The number of hydrogen-bond donors (Lipinski definition) is 1. The number of nitrogens with zero attached hydrogens (tertiary/aromatic N) is 4. The van der Waals surface area contributed by atoms with Gasteiger partial charge < -0.3 is 10.5 Å². The van der Waals surface area contributed by atoms with Crippen molar-refractivity contribution < 1.29 is 9.13 Å². The first-order valence-corrected chi connectivity index (χ1v) is 8.16. The molecular weight excluding hydrogens is 321 g/mol. The van der Waals surface area contributed by atoms with Crippen molar-refractivity contribution in [2.75, 3.05) is 0 Å². The van der Waals surface area contributed by atoms with Crippen LogP contribution in [0.3, 0.4) is 0 Å². The number of rotatable bonds is 5. The molecule has 1 aliphatic rings. The van der Waals surface area contributed by atoms with Gasteiger partial charge in [-0.25, -0.2) is 19.0 Å². The Morgan fingerprint density at radius 2 is 2.00 bits per heavy atom. The van der Waals surface area contributed by atoms with Crippen LogP contribution >= 0.6 is 0 Å². The number of aromatic nitrogens is 4. The first-order valence-electron chi connectivity index (χ1n) is 8.16. The third kappa shape index (κ3) is 3.23. The first kappa shape index (κ1) is 15.7. The fourth-order valence-corrected chi connectivity index (χ4v) is 2.62. The number of hydrogen-bond acceptors (Lipinski definition) is 5. The number of aryl methyl sites for hydroxylation is 1. The van der Waals surface area contributed by atoms with Crippen LogP contribution in [-0.4, -0.2) is 19.7 Å². The van der Waals surface area contributed by atoms with Crippen LogP contribution < -0.4 is 10.5 Å². The molecule has 0 amide bonds. The molecule has 0 spiro atoms. The molecule has 128 valence electrons. The molecular formula is C18H18FN5O. The van der Waals surface area contributed by atoms with Gasteiger partial charge in [-0.15, -0.1) is 0 Å². The minimum Gasteiger partial charge on any atom is -0.438 e. The van der Waals surface area contributed by atoms with Gasteiger partial charge in [0.25, 0.3) is 0 Å². The molecule has 0 saturated heterocycles. The average Bonchev–Trinajstić information content (AvgIpc) is 3.40. The maximum Gasteiger partial charge on any atom is 0.217 e. The Morgan fingerprint density at radius 3 is 2.68 bits per heavy atom. The van der Waals surface area contributed by atoms with Crippen molar-refractivity contribution in [1.29, 1.82) is 0 Å². The Bertz CT molecular complexity index is 902. The third-order valence-electron chi connectivity index (χ3n) is 4.19. The summed E-state index contributed by atoms with van der Waals surface area (Å²) >= 11 is 0. The highest BCUT2D eigenvalue weighted by Crippen LogP contribution is 2.41. The summed E-state index contributed by atoms with van der Waals surface area (Å²) in [5.41, 5.74) is 8.03. The molecule has 0 atom stereocenters. The molecule has 2 heterocycles. The maximum absolute atomic E-state index is 13.8. The zero-order valence-electron chi connectivity index (χ0n) is 13.8. The summed E-state index contributed by atoms with van der Waals surface area (Å²) in [6.07, 6.45) is 5.63. The van der Waals surface area contributed by atoms with E-state index in [1.165, 1.54) is 12.1 Å². The van der Waals surface area contributed by atoms with E-state index in [1.54, 1.807) is 23.1 Å². The van der Waals surface area contributed by atoms with E-state index in [0.29, 0.717) is 35.5 Å². The van der Waals surface area contributed by atoms with Crippen molar-refractivity contribution >= 4 is 0 Å². The summed E-state index contributed by atoms with van der Waals surface area (Å²) in [4.78, 5) is 8.60. The SMILES string of the molecule is Cn1nc(C2CC2)cc1Oc1cc(F)ccc1-c1ncc(CN)cn1. The van der Waals surface area contributed by atoms with Crippen LogP contribution in [0.25, 0.3) is 11.4 Å². The number of halogens is 1. The summed E-state index contributed by atoms with van der Waals surface area (Å²) in [5, 5.41) is 4.47. The van der Waals surface area contributed by atoms with Crippen LogP contribution in [-0.2, 0) is 13.6 Å². The lowest BCUT2D eigenvalue weighted by Crippen LogP contribution is -2.01. The average molecular weight is 339 g/mol. The molecule has 0 radical (unpaired) electrons. The van der Waals surface area contributed by atoms with Crippen molar-refractivity contribution in [2.45, 2.75) is 25.3 Å². The van der Waals surface area contributed by atoms with Crippen LogP contribution in [0.5, 0.6) is 11.6 Å². The fourth-order valence-electron chi connectivity index (χ4n) is 2.62. The van der Waals surface area contributed by atoms with Gasteiger partial charge >= 0.3 is 0 Å². The lowest BCUT2D eigenvalue weighted by Gasteiger charge is -2.10. The minimum atomic E-state index is -0.387. The van der Waals surface area contributed by atoms with Crippen LogP contribution in [0.2, 0.25) is 0 Å². The molecule has 2 N–H and O–H groups in total. The molecule has 1 aliphatic carbocycles. The third-order valence-corrected chi connectivity index (χ3v) is 4.19. The smallest absolute Gasteiger partial charge is 0.217 e. The minimum absolute atomic E-state index is 0.353. The van der Waals surface area contributed by atoms with E-state index in [1.807, 2.05) is 13.1 Å². The van der Waals surface area contributed by atoms with E-state index in [4.69, 9.17) is 10.5 Å². The van der Waals surface area contributed by atoms with Crippen molar-refractivity contribution in [2.24, 2.45) is 12.8 Å². The monoisotopic (exact) mass is 339 g/mol. The van der Waals surface area contributed by atoms with Gasteiger partial charge in [-0.05, 0) is 25.0 Å². The molecule has 25 heavy (non-hydrogen) atoms. The Hall–Kier alpha value is -2.80. The van der Waals surface area contributed by atoms with E-state index in [0.717, 1.165) is 24.1 Å². The van der Waals surface area contributed by atoms with Gasteiger partial charge in [0.05, 0.1) is 11.3 Å². The van der Waals surface area contributed by atoms with Gasteiger partial charge in [0, 0.05) is 49.6 Å². The molecule has 0 bridgehead atoms. The van der Waals surface area contributed by atoms with Crippen LogP contribution in [0, 0.1) is 5.82 Å². The van der Waals surface area contributed by atoms with E-state index in [-0.39, 0.29) is 5.82 Å². The van der Waals surface area contributed by atoms with Crippen LogP contribution in [0.4, 0.5) is 4.39 Å². The quantitative estimate of drug-likeness (QED) is 0.772.